The van der Waals surface area contributed by atoms with E-state index in [1.165, 1.54) is 11.3 Å². The number of hydrogen-bond acceptors (Lipinski definition) is 7. The Balaban J connectivity index is 1.58. The molecule has 2 aromatic heterocycles. The SMILES string of the molecule is Cc1nc(C2CCCOC2)sc1C(=O)NCCc1noc(=O)[nH]1. The van der Waals surface area contributed by atoms with E-state index in [9.17, 15) is 9.59 Å². The second kappa shape index (κ2) is 7.05. The number of amides is 1. The van der Waals surface area contributed by atoms with Crippen molar-refractivity contribution in [1.29, 1.82) is 0 Å². The summed E-state index contributed by atoms with van der Waals surface area (Å²) in [5.74, 6) is -0.0524. The van der Waals surface area contributed by atoms with E-state index in [-0.39, 0.29) is 11.8 Å². The molecular formula is C14H18N4O4S. The molecule has 9 heteroatoms. The van der Waals surface area contributed by atoms with Crippen molar-refractivity contribution >= 4 is 17.2 Å². The molecule has 1 saturated heterocycles. The molecule has 1 unspecified atom stereocenters. The van der Waals surface area contributed by atoms with E-state index in [4.69, 9.17) is 4.74 Å². The maximum absolute atomic E-state index is 12.3. The van der Waals surface area contributed by atoms with Gasteiger partial charge in [-0.25, -0.2) is 9.78 Å². The quantitative estimate of drug-likeness (QED) is 0.841. The van der Waals surface area contributed by atoms with Crippen molar-refractivity contribution in [3.63, 3.8) is 0 Å². The highest BCUT2D eigenvalue weighted by Gasteiger charge is 2.23. The number of thiazole rings is 1. The van der Waals surface area contributed by atoms with Gasteiger partial charge in [0.05, 0.1) is 17.3 Å². The molecule has 2 N–H and O–H groups in total. The molecule has 0 aliphatic carbocycles. The normalized spacial score (nSPS) is 18.0. The minimum Gasteiger partial charge on any atom is -0.381 e. The van der Waals surface area contributed by atoms with E-state index in [1.54, 1.807) is 0 Å². The lowest BCUT2D eigenvalue weighted by atomic mass is 10.0. The maximum Gasteiger partial charge on any atom is 0.438 e. The summed E-state index contributed by atoms with van der Waals surface area (Å²) >= 11 is 1.43. The average Bonchev–Trinajstić information content (AvgIpc) is 3.14. The highest BCUT2D eigenvalue weighted by Crippen LogP contribution is 2.30. The molecule has 0 spiro atoms. The Morgan fingerprint density at radius 3 is 3.09 bits per heavy atom. The van der Waals surface area contributed by atoms with E-state index in [2.05, 4.69) is 25.0 Å². The molecule has 3 heterocycles. The van der Waals surface area contributed by atoms with Crippen LogP contribution in [0.3, 0.4) is 0 Å². The number of ether oxygens (including phenoxy) is 1. The zero-order valence-corrected chi connectivity index (χ0v) is 13.6. The van der Waals surface area contributed by atoms with Crippen molar-refractivity contribution in [3.05, 3.63) is 32.0 Å². The lowest BCUT2D eigenvalue weighted by Crippen LogP contribution is -2.25. The Bertz CT molecular complexity index is 729. The lowest BCUT2D eigenvalue weighted by Gasteiger charge is -2.19. The van der Waals surface area contributed by atoms with Gasteiger partial charge in [0.1, 0.15) is 4.88 Å². The minimum atomic E-state index is -0.594. The van der Waals surface area contributed by atoms with Crippen LogP contribution in [0.15, 0.2) is 9.32 Å². The number of rotatable bonds is 5. The van der Waals surface area contributed by atoms with Gasteiger partial charge in [0.2, 0.25) is 0 Å². The van der Waals surface area contributed by atoms with E-state index in [0.717, 1.165) is 30.2 Å². The van der Waals surface area contributed by atoms with Gasteiger partial charge in [-0.2, -0.15) is 0 Å². The topological polar surface area (TPSA) is 110 Å². The van der Waals surface area contributed by atoms with E-state index in [1.807, 2.05) is 6.92 Å². The predicted molar refractivity (Wildman–Crippen MR) is 82.8 cm³/mol. The molecule has 0 bridgehead atoms. The number of nitrogens with zero attached hydrogens (tertiary/aromatic N) is 2. The number of aryl methyl sites for hydroxylation is 1. The van der Waals surface area contributed by atoms with E-state index < -0.39 is 5.76 Å². The van der Waals surface area contributed by atoms with Crippen molar-refractivity contribution in [2.24, 2.45) is 0 Å². The van der Waals surface area contributed by atoms with Crippen molar-refractivity contribution in [2.75, 3.05) is 19.8 Å². The van der Waals surface area contributed by atoms with Gasteiger partial charge in [-0.05, 0) is 19.8 Å². The number of aromatic nitrogens is 3. The van der Waals surface area contributed by atoms with Crippen LogP contribution in [0.1, 0.15) is 45.0 Å². The molecule has 1 aliphatic heterocycles. The molecule has 0 radical (unpaired) electrons. The average molecular weight is 338 g/mol. The molecule has 124 valence electrons. The summed E-state index contributed by atoms with van der Waals surface area (Å²) in [7, 11) is 0. The largest absolute Gasteiger partial charge is 0.438 e. The zero-order valence-electron chi connectivity index (χ0n) is 12.8. The molecule has 23 heavy (non-hydrogen) atoms. The van der Waals surface area contributed by atoms with Crippen molar-refractivity contribution < 1.29 is 14.1 Å². The summed E-state index contributed by atoms with van der Waals surface area (Å²) in [5, 5.41) is 7.33. The molecule has 2 aromatic rings. The van der Waals surface area contributed by atoms with E-state index >= 15 is 0 Å². The fraction of sp³-hybridized carbons (Fsp3) is 0.571. The van der Waals surface area contributed by atoms with Gasteiger partial charge in [-0.1, -0.05) is 5.16 Å². The Morgan fingerprint density at radius 1 is 1.52 bits per heavy atom. The van der Waals surface area contributed by atoms with Gasteiger partial charge in [0, 0.05) is 25.5 Å². The Hall–Kier alpha value is -2.00. The number of aromatic amines is 1. The minimum absolute atomic E-state index is 0.159. The van der Waals surface area contributed by atoms with Crippen LogP contribution < -0.4 is 11.1 Å². The van der Waals surface area contributed by atoms with Crippen LogP contribution in [-0.4, -0.2) is 40.8 Å². The molecule has 1 fully saturated rings. The van der Waals surface area contributed by atoms with Crippen LogP contribution in [0, 0.1) is 6.92 Å². The number of nitrogens with one attached hydrogen (secondary N) is 2. The van der Waals surface area contributed by atoms with Crippen molar-refractivity contribution in [3.8, 4) is 0 Å². The summed E-state index contributed by atoms with van der Waals surface area (Å²) in [5.41, 5.74) is 0.739. The third-order valence-corrected chi connectivity index (χ3v) is 4.98. The van der Waals surface area contributed by atoms with Crippen LogP contribution >= 0.6 is 11.3 Å². The first-order valence-corrected chi connectivity index (χ1v) is 8.33. The summed E-state index contributed by atoms with van der Waals surface area (Å²) in [6, 6.07) is 0. The third kappa shape index (κ3) is 3.85. The molecule has 1 amide bonds. The first-order chi connectivity index (χ1) is 11.1. The van der Waals surface area contributed by atoms with Crippen molar-refractivity contribution in [2.45, 2.75) is 32.1 Å². The third-order valence-electron chi connectivity index (χ3n) is 3.66. The Morgan fingerprint density at radius 2 is 2.39 bits per heavy atom. The molecule has 1 aliphatic rings. The predicted octanol–water partition coefficient (Wildman–Crippen LogP) is 0.994. The van der Waals surface area contributed by atoms with Crippen LogP contribution in [-0.2, 0) is 11.2 Å². The number of hydrogen-bond donors (Lipinski definition) is 2. The monoisotopic (exact) mass is 338 g/mol. The van der Waals surface area contributed by atoms with Crippen molar-refractivity contribution in [1.82, 2.24) is 20.4 Å². The standard InChI is InChI=1S/C14H18N4O4S/c1-8-11(23-13(16-8)9-3-2-6-21-7-9)12(19)15-5-4-10-17-14(20)22-18-10/h9H,2-7H2,1H3,(H,15,19)(H,17,18,20). The molecule has 0 saturated carbocycles. The van der Waals surface area contributed by atoms with Crippen LogP contribution in [0.5, 0.6) is 0 Å². The van der Waals surface area contributed by atoms with Gasteiger partial charge in [-0.15, -0.1) is 11.3 Å². The Kier molecular flexibility index (Phi) is 4.87. The van der Waals surface area contributed by atoms with Gasteiger partial charge in [0.15, 0.2) is 5.82 Å². The van der Waals surface area contributed by atoms with Gasteiger partial charge in [-0.3, -0.25) is 14.3 Å². The smallest absolute Gasteiger partial charge is 0.381 e. The summed E-state index contributed by atoms with van der Waals surface area (Å²) < 4.78 is 9.89. The highest BCUT2D eigenvalue weighted by atomic mass is 32.1. The fourth-order valence-electron chi connectivity index (χ4n) is 2.48. The fourth-order valence-corrected chi connectivity index (χ4v) is 3.58. The molecular weight excluding hydrogens is 320 g/mol. The summed E-state index contributed by atoms with van der Waals surface area (Å²) in [6.07, 6.45) is 2.48. The summed E-state index contributed by atoms with van der Waals surface area (Å²) in [4.78, 5) is 30.7. The molecule has 3 rings (SSSR count). The second-order valence-electron chi connectivity index (χ2n) is 5.43. The Labute approximate surface area is 136 Å². The van der Waals surface area contributed by atoms with E-state index in [0.29, 0.717) is 30.3 Å². The second-order valence-corrected chi connectivity index (χ2v) is 6.46. The molecule has 0 aromatic carbocycles. The number of carbonyl (C=O) groups is 1. The molecule has 1 atom stereocenters. The number of H-pyrrole nitrogens is 1. The van der Waals surface area contributed by atoms with Gasteiger partial charge < -0.3 is 10.1 Å². The highest BCUT2D eigenvalue weighted by molar-refractivity contribution is 7.13. The molecule has 8 nitrogen and oxygen atoms in total. The maximum atomic E-state index is 12.3. The van der Waals surface area contributed by atoms with Gasteiger partial charge in [0.25, 0.3) is 5.91 Å². The first-order valence-electron chi connectivity index (χ1n) is 7.51. The van der Waals surface area contributed by atoms with Crippen LogP contribution in [0.4, 0.5) is 0 Å². The van der Waals surface area contributed by atoms with Gasteiger partial charge >= 0.3 is 5.76 Å². The summed E-state index contributed by atoms with van der Waals surface area (Å²) in [6.45, 7) is 3.68. The zero-order chi connectivity index (χ0) is 16.2. The van der Waals surface area contributed by atoms with Crippen LogP contribution in [0.2, 0.25) is 0 Å². The lowest BCUT2D eigenvalue weighted by molar-refractivity contribution is 0.0803. The first kappa shape index (κ1) is 15.9. The van der Waals surface area contributed by atoms with Crippen LogP contribution in [0.25, 0.3) is 0 Å². The number of carbonyl (C=O) groups excluding carboxylic acids is 1.